The summed E-state index contributed by atoms with van der Waals surface area (Å²) in [6.07, 6.45) is 15.7. The number of amidine groups is 1. The molecule has 2 aliphatic heterocycles. The summed E-state index contributed by atoms with van der Waals surface area (Å²) in [5, 5.41) is 0. The lowest BCUT2D eigenvalue weighted by Gasteiger charge is -2.54. The Morgan fingerprint density at radius 3 is 2.72 bits per heavy atom. The van der Waals surface area contributed by atoms with Crippen molar-refractivity contribution in [1.82, 2.24) is 0 Å². The summed E-state index contributed by atoms with van der Waals surface area (Å²) in [6, 6.07) is 6.65. The smallest absolute Gasteiger partial charge is 0.283 e. The van der Waals surface area contributed by atoms with Crippen LogP contribution in [0.4, 0.5) is 0 Å². The molecule has 1 atom stereocenters. The van der Waals surface area contributed by atoms with Crippen LogP contribution in [0.1, 0.15) is 37.3 Å². The predicted octanol–water partition coefficient (Wildman–Crippen LogP) is 4.25. The van der Waals surface area contributed by atoms with Gasteiger partial charge in [0.15, 0.2) is 0 Å². The third kappa shape index (κ3) is 2.73. The van der Waals surface area contributed by atoms with Crippen molar-refractivity contribution in [3.63, 3.8) is 0 Å². The predicted molar refractivity (Wildman–Crippen MR) is 115 cm³/mol. The quantitative estimate of drug-likeness (QED) is 0.737. The van der Waals surface area contributed by atoms with E-state index in [1.54, 1.807) is 0 Å². The minimum atomic E-state index is -0.452. The van der Waals surface area contributed by atoms with Crippen molar-refractivity contribution in [3.8, 4) is 17.6 Å². The highest BCUT2D eigenvalue weighted by Gasteiger charge is 2.62. The van der Waals surface area contributed by atoms with E-state index < -0.39 is 5.54 Å². The summed E-state index contributed by atoms with van der Waals surface area (Å²) >= 11 is 0. The fourth-order valence-corrected chi connectivity index (χ4v) is 4.83. The summed E-state index contributed by atoms with van der Waals surface area (Å²) in [4.78, 5) is 4.87. The van der Waals surface area contributed by atoms with Gasteiger partial charge in [0.2, 0.25) is 0 Å². The Kier molecular flexibility index (Phi) is 4.13. The van der Waals surface area contributed by atoms with Gasteiger partial charge in [0.1, 0.15) is 17.9 Å². The monoisotopic (exact) mass is 384 g/mol. The molecule has 0 bridgehead atoms. The van der Waals surface area contributed by atoms with Crippen molar-refractivity contribution >= 4 is 11.6 Å². The molecule has 0 radical (unpaired) electrons. The maximum atomic E-state index is 6.20. The van der Waals surface area contributed by atoms with Crippen molar-refractivity contribution in [2.45, 2.75) is 31.7 Å². The molecule has 1 aromatic carbocycles. The van der Waals surface area contributed by atoms with Crippen LogP contribution >= 0.6 is 0 Å². The lowest BCUT2D eigenvalue weighted by atomic mass is 9.54. The SMILES string of the molecule is CC#CC1=C/C(c2ccc3c(c2)C2(COC(N)=N2)C2(CCC2)CO3)=C\C=C\C=C1. The molecule has 1 unspecified atom stereocenters. The maximum Gasteiger partial charge on any atom is 0.283 e. The van der Waals surface area contributed by atoms with E-state index >= 15 is 0 Å². The van der Waals surface area contributed by atoms with E-state index in [0.717, 1.165) is 40.9 Å². The molecule has 0 aromatic heterocycles. The van der Waals surface area contributed by atoms with Crippen molar-refractivity contribution < 1.29 is 9.47 Å². The number of allylic oxidation sites excluding steroid dienone is 8. The van der Waals surface area contributed by atoms with E-state index in [0.29, 0.717) is 13.2 Å². The van der Waals surface area contributed by atoms with Crippen LogP contribution in [0, 0.1) is 17.3 Å². The van der Waals surface area contributed by atoms with Gasteiger partial charge in [0.25, 0.3) is 6.02 Å². The molecule has 2 N–H and O–H groups in total. The van der Waals surface area contributed by atoms with Gasteiger partial charge in [-0.25, -0.2) is 4.99 Å². The summed E-state index contributed by atoms with van der Waals surface area (Å²) in [6.45, 7) is 3.02. The average Bonchev–Trinajstić information content (AvgIpc) is 3.05. The van der Waals surface area contributed by atoms with Gasteiger partial charge in [0.05, 0.1) is 6.61 Å². The van der Waals surface area contributed by atoms with Crippen LogP contribution in [0.25, 0.3) is 5.57 Å². The number of benzene rings is 1. The molecule has 1 saturated carbocycles. The number of ether oxygens (including phenoxy) is 2. The van der Waals surface area contributed by atoms with Crippen LogP contribution in [0.15, 0.2) is 65.2 Å². The topological polar surface area (TPSA) is 56.8 Å². The van der Waals surface area contributed by atoms with Gasteiger partial charge in [-0.3, -0.25) is 0 Å². The minimum Gasteiger partial charge on any atom is -0.493 e. The van der Waals surface area contributed by atoms with Crippen LogP contribution in [-0.2, 0) is 10.3 Å². The summed E-state index contributed by atoms with van der Waals surface area (Å²) in [7, 11) is 0. The minimum absolute atomic E-state index is 0.0214. The lowest BCUT2D eigenvalue weighted by molar-refractivity contribution is -0.0523. The van der Waals surface area contributed by atoms with E-state index in [1.807, 2.05) is 31.2 Å². The molecular weight excluding hydrogens is 360 g/mol. The Balaban J connectivity index is 1.64. The van der Waals surface area contributed by atoms with Gasteiger partial charge >= 0.3 is 0 Å². The zero-order valence-electron chi connectivity index (χ0n) is 16.6. The average molecular weight is 384 g/mol. The summed E-state index contributed by atoms with van der Waals surface area (Å²) < 4.78 is 11.9. The number of rotatable bonds is 1. The number of fused-ring (bicyclic) bond motifs is 3. The van der Waals surface area contributed by atoms with Crippen LogP contribution in [-0.4, -0.2) is 19.2 Å². The molecule has 2 spiro atoms. The zero-order valence-corrected chi connectivity index (χ0v) is 16.6. The van der Waals surface area contributed by atoms with Crippen molar-refractivity contribution in [1.29, 1.82) is 0 Å². The highest BCUT2D eigenvalue weighted by Crippen LogP contribution is 2.61. The molecule has 5 rings (SSSR count). The van der Waals surface area contributed by atoms with E-state index in [9.17, 15) is 0 Å². The molecule has 4 nitrogen and oxygen atoms in total. The van der Waals surface area contributed by atoms with Crippen LogP contribution in [0.5, 0.6) is 5.75 Å². The van der Waals surface area contributed by atoms with Gasteiger partial charge in [-0.1, -0.05) is 42.7 Å². The first kappa shape index (κ1) is 17.9. The number of nitrogens with zero attached hydrogens (tertiary/aromatic N) is 1. The molecule has 29 heavy (non-hydrogen) atoms. The third-order valence-corrected chi connectivity index (χ3v) is 6.53. The molecule has 4 aliphatic rings. The normalized spacial score (nSPS) is 28.8. The molecule has 2 aliphatic carbocycles. The van der Waals surface area contributed by atoms with Gasteiger partial charge in [-0.05, 0) is 55.2 Å². The second-order valence-electron chi connectivity index (χ2n) is 8.07. The van der Waals surface area contributed by atoms with Crippen molar-refractivity contribution in [2.75, 3.05) is 13.2 Å². The fourth-order valence-electron chi connectivity index (χ4n) is 4.83. The molecule has 4 heteroatoms. The van der Waals surface area contributed by atoms with Gasteiger partial charge in [-0.2, -0.15) is 0 Å². The molecular formula is C25H24N2O2. The number of nitrogens with two attached hydrogens (primary N) is 1. The van der Waals surface area contributed by atoms with Crippen molar-refractivity contribution in [2.24, 2.45) is 16.1 Å². The van der Waals surface area contributed by atoms with Crippen LogP contribution in [0.3, 0.4) is 0 Å². The number of hydrogen-bond acceptors (Lipinski definition) is 4. The second-order valence-corrected chi connectivity index (χ2v) is 8.07. The molecule has 1 aromatic rings. The first-order valence-electron chi connectivity index (χ1n) is 10.1. The second kappa shape index (κ2) is 6.70. The Morgan fingerprint density at radius 1 is 1.10 bits per heavy atom. The van der Waals surface area contributed by atoms with Crippen LogP contribution < -0.4 is 10.5 Å². The first-order chi connectivity index (χ1) is 14.2. The summed E-state index contributed by atoms with van der Waals surface area (Å²) in [5.41, 5.74) is 9.81. The number of aliphatic imine (C=N–C) groups is 1. The Labute approximate surface area is 171 Å². The molecule has 2 heterocycles. The lowest BCUT2D eigenvalue weighted by Crippen LogP contribution is -2.56. The van der Waals surface area contributed by atoms with E-state index in [1.165, 1.54) is 6.42 Å². The van der Waals surface area contributed by atoms with E-state index in [2.05, 4.69) is 42.2 Å². The van der Waals surface area contributed by atoms with Crippen LogP contribution in [0.2, 0.25) is 0 Å². The molecule has 0 amide bonds. The highest BCUT2D eigenvalue weighted by atomic mass is 16.5. The maximum absolute atomic E-state index is 6.20. The molecule has 1 fully saturated rings. The van der Waals surface area contributed by atoms with Gasteiger partial charge < -0.3 is 15.2 Å². The fraction of sp³-hybridized carbons (Fsp3) is 0.320. The van der Waals surface area contributed by atoms with E-state index in [4.69, 9.17) is 20.2 Å². The van der Waals surface area contributed by atoms with Crippen molar-refractivity contribution in [3.05, 3.63) is 71.4 Å². The first-order valence-corrected chi connectivity index (χ1v) is 10.1. The Bertz CT molecular complexity index is 1070. The molecule has 146 valence electrons. The Hall–Kier alpha value is -3.19. The van der Waals surface area contributed by atoms with Gasteiger partial charge in [0, 0.05) is 16.6 Å². The zero-order chi connectivity index (χ0) is 19.9. The highest BCUT2D eigenvalue weighted by molar-refractivity contribution is 5.80. The Morgan fingerprint density at radius 2 is 2.00 bits per heavy atom. The molecule has 0 saturated heterocycles. The third-order valence-electron chi connectivity index (χ3n) is 6.53. The van der Waals surface area contributed by atoms with Gasteiger partial charge in [-0.15, -0.1) is 5.92 Å². The van der Waals surface area contributed by atoms with E-state index in [-0.39, 0.29) is 11.4 Å². The standard InChI is InChI=1S/C25H24N2O2/c1-2-7-18-8-4-3-5-9-19(14-18)20-10-11-22-21(15-20)25(17-29-23(26)27-25)24(16-28-22)12-6-13-24/h3-5,8-11,14-15H,6,12-13,16-17H2,1H3,(H2,26,27)/b4-3?,5-3+,8-4?,9-5?,18-8?,18-14?,19-9+,19-14?. The largest absolute Gasteiger partial charge is 0.493 e. The summed E-state index contributed by atoms with van der Waals surface area (Å²) in [5.74, 6) is 7.04. The number of hydrogen-bond donors (Lipinski definition) is 1.